The third-order valence-corrected chi connectivity index (χ3v) is 7.67. The van der Waals surface area contributed by atoms with E-state index in [0.29, 0.717) is 47.8 Å². The van der Waals surface area contributed by atoms with E-state index in [1.54, 1.807) is 21.1 Å². The van der Waals surface area contributed by atoms with E-state index in [4.69, 9.17) is 18.9 Å². The highest BCUT2D eigenvalue weighted by molar-refractivity contribution is 6.04. The third-order valence-electron chi connectivity index (χ3n) is 7.67. The number of hydrogen-bond acceptors (Lipinski definition) is 7. The van der Waals surface area contributed by atoms with Gasteiger partial charge >= 0.3 is 5.97 Å². The molecule has 3 aromatic carbocycles. The molecular weight excluding hydrogens is 518 g/mol. The Morgan fingerprint density at radius 2 is 1.63 bits per heavy atom. The maximum absolute atomic E-state index is 13.9. The minimum Gasteiger partial charge on any atom is -0.497 e. The molecule has 1 heterocycles. The van der Waals surface area contributed by atoms with Crippen molar-refractivity contribution in [2.24, 2.45) is 0 Å². The molecule has 0 spiro atoms. The number of carbonyl (C=O) groups is 2. The maximum atomic E-state index is 13.9. The Bertz CT molecular complexity index is 1490. The summed E-state index contributed by atoms with van der Waals surface area (Å²) in [7, 11) is 3.22. The van der Waals surface area contributed by atoms with Gasteiger partial charge in [-0.2, -0.15) is 0 Å². The molecule has 1 aliphatic carbocycles. The fraction of sp³-hybridized carbons (Fsp3) is 0.294. The maximum Gasteiger partial charge on any atom is 0.336 e. The minimum atomic E-state index is -0.591. The van der Waals surface area contributed by atoms with Gasteiger partial charge in [0.15, 0.2) is 17.3 Å². The molecule has 7 nitrogen and oxygen atoms in total. The van der Waals surface area contributed by atoms with Crippen LogP contribution >= 0.6 is 0 Å². The molecule has 0 saturated carbocycles. The number of ether oxygens (including phenoxy) is 4. The van der Waals surface area contributed by atoms with Crippen molar-refractivity contribution in [1.29, 1.82) is 0 Å². The van der Waals surface area contributed by atoms with Crippen LogP contribution in [0, 0.1) is 0 Å². The summed E-state index contributed by atoms with van der Waals surface area (Å²) in [6, 6.07) is 23.3. The van der Waals surface area contributed by atoms with Crippen LogP contribution in [0.15, 0.2) is 95.3 Å². The second-order valence-corrected chi connectivity index (χ2v) is 10.2. The number of ketones is 1. The Morgan fingerprint density at radius 1 is 0.902 bits per heavy atom. The average Bonchev–Trinajstić information content (AvgIpc) is 2.99. The zero-order valence-electron chi connectivity index (χ0n) is 23.9. The molecule has 0 fully saturated rings. The van der Waals surface area contributed by atoms with Crippen molar-refractivity contribution in [2.75, 3.05) is 20.8 Å². The number of hydrogen-bond donors (Lipinski definition) is 1. The Labute approximate surface area is 240 Å². The minimum absolute atomic E-state index is 0.00207. The first-order chi connectivity index (χ1) is 19.9. The van der Waals surface area contributed by atoms with Gasteiger partial charge in [-0.3, -0.25) is 4.79 Å². The Balaban J connectivity index is 1.52. The van der Waals surface area contributed by atoms with Gasteiger partial charge in [-0.05, 0) is 67.1 Å². The molecule has 1 N–H and O–H groups in total. The van der Waals surface area contributed by atoms with E-state index in [9.17, 15) is 9.59 Å². The van der Waals surface area contributed by atoms with Crippen LogP contribution in [0.1, 0.15) is 55.2 Å². The Hall–Kier alpha value is -4.52. The predicted octanol–water partition coefficient (Wildman–Crippen LogP) is 6.21. The lowest BCUT2D eigenvalue weighted by atomic mass is 9.71. The lowest BCUT2D eigenvalue weighted by Gasteiger charge is -2.36. The zero-order chi connectivity index (χ0) is 28.9. The number of nitrogens with one attached hydrogen (secondary N) is 1. The van der Waals surface area contributed by atoms with Crippen LogP contribution in [0.4, 0.5) is 0 Å². The molecule has 2 atom stereocenters. The van der Waals surface area contributed by atoms with Gasteiger partial charge in [0.2, 0.25) is 0 Å². The number of methoxy groups -OCH3 is 2. The number of carbonyl (C=O) groups excluding carboxylic acids is 2. The first-order valence-electron chi connectivity index (χ1n) is 13.8. The number of Topliss-reactive ketones (excluding diaryl/α,β-unsaturated/α-hetero) is 1. The summed E-state index contributed by atoms with van der Waals surface area (Å²) in [5, 5.41) is 3.40. The van der Waals surface area contributed by atoms with Gasteiger partial charge in [0.25, 0.3) is 0 Å². The second-order valence-electron chi connectivity index (χ2n) is 10.2. The zero-order valence-corrected chi connectivity index (χ0v) is 23.9. The number of allylic oxidation sites excluding steroid dienone is 3. The fourth-order valence-electron chi connectivity index (χ4n) is 5.68. The molecule has 0 aromatic heterocycles. The van der Waals surface area contributed by atoms with Gasteiger partial charge in [-0.15, -0.1) is 0 Å². The van der Waals surface area contributed by atoms with Crippen LogP contribution in [-0.4, -0.2) is 32.6 Å². The monoisotopic (exact) mass is 553 g/mol. The fourth-order valence-corrected chi connectivity index (χ4v) is 5.68. The van der Waals surface area contributed by atoms with Crippen molar-refractivity contribution in [1.82, 2.24) is 5.32 Å². The van der Waals surface area contributed by atoms with Gasteiger partial charge < -0.3 is 24.3 Å². The average molecular weight is 554 g/mol. The van der Waals surface area contributed by atoms with E-state index < -0.39 is 11.9 Å². The molecule has 41 heavy (non-hydrogen) atoms. The van der Waals surface area contributed by atoms with Crippen LogP contribution in [0.2, 0.25) is 0 Å². The Morgan fingerprint density at radius 3 is 2.32 bits per heavy atom. The number of esters is 1. The first kappa shape index (κ1) is 28.0. The molecule has 0 bridgehead atoms. The van der Waals surface area contributed by atoms with Crippen LogP contribution in [0.5, 0.6) is 17.2 Å². The molecule has 7 heteroatoms. The predicted molar refractivity (Wildman–Crippen MR) is 156 cm³/mol. The van der Waals surface area contributed by atoms with Gasteiger partial charge in [0.05, 0.1) is 26.4 Å². The highest BCUT2D eigenvalue weighted by atomic mass is 16.5. The summed E-state index contributed by atoms with van der Waals surface area (Å²) in [5.74, 6) is 0.863. The van der Waals surface area contributed by atoms with E-state index >= 15 is 0 Å². The number of rotatable bonds is 9. The topological polar surface area (TPSA) is 83.1 Å². The number of dihydropyridines is 1. The molecule has 3 aromatic rings. The number of benzene rings is 3. The molecule has 0 amide bonds. The van der Waals surface area contributed by atoms with Crippen molar-refractivity contribution in [3.63, 3.8) is 0 Å². The molecule has 0 unspecified atom stereocenters. The largest absolute Gasteiger partial charge is 0.497 e. The normalized spacial score (nSPS) is 18.4. The van der Waals surface area contributed by atoms with Gasteiger partial charge in [0.1, 0.15) is 12.4 Å². The highest BCUT2D eigenvalue weighted by Crippen LogP contribution is 2.47. The van der Waals surface area contributed by atoms with E-state index in [1.165, 1.54) is 0 Å². The molecule has 1 aliphatic heterocycles. The van der Waals surface area contributed by atoms with E-state index in [2.05, 4.69) is 5.32 Å². The van der Waals surface area contributed by atoms with Crippen LogP contribution in [0.3, 0.4) is 0 Å². The third kappa shape index (κ3) is 5.85. The van der Waals surface area contributed by atoms with E-state index in [0.717, 1.165) is 28.1 Å². The molecule has 2 aliphatic rings. The Kier molecular flexibility index (Phi) is 8.43. The molecule has 5 rings (SSSR count). The first-order valence-corrected chi connectivity index (χ1v) is 13.8. The lowest BCUT2D eigenvalue weighted by molar-refractivity contribution is -0.138. The standard InChI is InChI=1S/C34H35NO6/c1-5-40-34(37)31-21(2)35-27-17-25(23-11-14-26(38-3)15-12-23)18-28(36)33(27)32(31)24-13-16-29(30(19-24)39-4)41-20-22-9-7-6-8-10-22/h6-16,19,25,32,35H,5,17-18,20H2,1-4H3/t25-,32+/m1/s1. The van der Waals surface area contributed by atoms with Crippen molar-refractivity contribution >= 4 is 11.8 Å². The van der Waals surface area contributed by atoms with Crippen LogP contribution < -0.4 is 19.5 Å². The summed E-state index contributed by atoms with van der Waals surface area (Å²) in [6.07, 6.45) is 0.987. The van der Waals surface area contributed by atoms with Crippen molar-refractivity contribution in [2.45, 2.75) is 45.1 Å². The molecule has 212 valence electrons. The summed E-state index contributed by atoms with van der Waals surface area (Å²) < 4.78 is 22.5. The van der Waals surface area contributed by atoms with E-state index in [-0.39, 0.29) is 18.3 Å². The SMILES string of the molecule is CCOC(=O)C1=C(C)NC2=C(C(=O)C[C@H](c3ccc(OC)cc3)C2)[C@H]1c1ccc(OCc2ccccc2)c(OC)c1. The summed E-state index contributed by atoms with van der Waals surface area (Å²) >= 11 is 0. The second kappa shape index (κ2) is 12.3. The quantitative estimate of drug-likeness (QED) is 0.316. The van der Waals surface area contributed by atoms with E-state index in [1.807, 2.05) is 79.7 Å². The molecular formula is C34H35NO6. The smallest absolute Gasteiger partial charge is 0.336 e. The summed E-state index contributed by atoms with van der Waals surface area (Å²) in [5.41, 5.74) is 5.42. The highest BCUT2D eigenvalue weighted by Gasteiger charge is 2.41. The lowest BCUT2D eigenvalue weighted by Crippen LogP contribution is -2.36. The van der Waals surface area contributed by atoms with Gasteiger partial charge in [0, 0.05) is 29.3 Å². The molecule has 0 radical (unpaired) electrons. The van der Waals surface area contributed by atoms with Gasteiger partial charge in [-0.25, -0.2) is 4.79 Å². The summed E-state index contributed by atoms with van der Waals surface area (Å²) in [4.78, 5) is 27.2. The van der Waals surface area contributed by atoms with Gasteiger partial charge in [-0.1, -0.05) is 48.5 Å². The van der Waals surface area contributed by atoms with Crippen molar-refractivity contribution in [3.8, 4) is 17.2 Å². The summed E-state index contributed by atoms with van der Waals surface area (Å²) in [6.45, 7) is 4.25. The van der Waals surface area contributed by atoms with Crippen molar-refractivity contribution in [3.05, 3.63) is 112 Å². The van der Waals surface area contributed by atoms with Crippen LogP contribution in [-0.2, 0) is 20.9 Å². The molecule has 0 saturated heterocycles. The van der Waals surface area contributed by atoms with Crippen LogP contribution in [0.25, 0.3) is 0 Å². The van der Waals surface area contributed by atoms with Crippen molar-refractivity contribution < 1.29 is 28.5 Å².